The molecule has 0 radical (unpaired) electrons. The molecule has 0 bridgehead atoms. The molecule has 2 aromatic carbocycles. The standard InChI is InChI=1S/C18H15F2NO3/c19-13-7-4-8-14(20)16(13)21-15(22)11-24-17(23)18(9-10-18)12-5-2-1-3-6-12/h1-8H,9-11H2,(H,21,22). The predicted octanol–water partition coefficient (Wildman–Crippen LogP) is 3.18. The highest BCUT2D eigenvalue weighted by atomic mass is 19.1. The molecule has 1 aliphatic rings. The Morgan fingerprint density at radius 2 is 1.62 bits per heavy atom. The van der Waals surface area contributed by atoms with Gasteiger partial charge in [-0.25, -0.2) is 8.78 Å². The minimum atomic E-state index is -0.891. The van der Waals surface area contributed by atoms with Crippen LogP contribution in [0.4, 0.5) is 14.5 Å². The van der Waals surface area contributed by atoms with Gasteiger partial charge in [0.25, 0.3) is 5.91 Å². The molecule has 0 saturated heterocycles. The summed E-state index contributed by atoms with van der Waals surface area (Å²) in [4.78, 5) is 24.1. The second kappa shape index (κ2) is 6.39. The summed E-state index contributed by atoms with van der Waals surface area (Å²) in [6.07, 6.45) is 1.30. The van der Waals surface area contributed by atoms with E-state index in [1.54, 1.807) is 0 Å². The van der Waals surface area contributed by atoms with Crippen molar-refractivity contribution >= 4 is 17.6 Å². The summed E-state index contributed by atoms with van der Waals surface area (Å²) >= 11 is 0. The molecule has 1 aliphatic carbocycles. The fraction of sp³-hybridized carbons (Fsp3) is 0.222. The van der Waals surface area contributed by atoms with Gasteiger partial charge in [-0.3, -0.25) is 9.59 Å². The van der Waals surface area contributed by atoms with E-state index >= 15 is 0 Å². The minimum Gasteiger partial charge on any atom is -0.455 e. The molecule has 124 valence electrons. The lowest BCUT2D eigenvalue weighted by molar-refractivity contribution is -0.150. The Morgan fingerprint density at radius 3 is 2.21 bits per heavy atom. The molecule has 0 aromatic heterocycles. The average molecular weight is 331 g/mol. The third-order valence-electron chi connectivity index (χ3n) is 4.03. The van der Waals surface area contributed by atoms with Crippen molar-refractivity contribution in [2.75, 3.05) is 11.9 Å². The number of carbonyl (C=O) groups excluding carboxylic acids is 2. The molecule has 0 spiro atoms. The maximum absolute atomic E-state index is 13.5. The SMILES string of the molecule is O=C(COC(=O)C1(c2ccccc2)CC1)Nc1c(F)cccc1F. The first-order valence-corrected chi connectivity index (χ1v) is 7.49. The Labute approximate surface area is 137 Å². The number of benzene rings is 2. The van der Waals surface area contributed by atoms with E-state index in [4.69, 9.17) is 4.74 Å². The average Bonchev–Trinajstić information content (AvgIpc) is 3.39. The largest absolute Gasteiger partial charge is 0.455 e. The van der Waals surface area contributed by atoms with Gasteiger partial charge in [0.1, 0.15) is 17.3 Å². The number of rotatable bonds is 5. The second-order valence-corrected chi connectivity index (χ2v) is 5.67. The monoisotopic (exact) mass is 331 g/mol. The molecule has 0 atom stereocenters. The van der Waals surface area contributed by atoms with Gasteiger partial charge in [-0.2, -0.15) is 0 Å². The van der Waals surface area contributed by atoms with Gasteiger partial charge in [0.2, 0.25) is 0 Å². The molecule has 3 rings (SSSR count). The Morgan fingerprint density at radius 1 is 1.00 bits per heavy atom. The van der Waals surface area contributed by atoms with Gasteiger partial charge >= 0.3 is 5.97 Å². The van der Waals surface area contributed by atoms with Crippen LogP contribution in [-0.2, 0) is 19.7 Å². The van der Waals surface area contributed by atoms with Gasteiger partial charge in [0.15, 0.2) is 6.61 Å². The van der Waals surface area contributed by atoms with Crippen molar-refractivity contribution in [3.63, 3.8) is 0 Å². The second-order valence-electron chi connectivity index (χ2n) is 5.67. The van der Waals surface area contributed by atoms with Crippen LogP contribution >= 0.6 is 0 Å². The van der Waals surface area contributed by atoms with Crippen molar-refractivity contribution in [2.24, 2.45) is 0 Å². The summed E-state index contributed by atoms with van der Waals surface area (Å²) in [7, 11) is 0. The first-order valence-electron chi connectivity index (χ1n) is 7.49. The van der Waals surface area contributed by atoms with E-state index in [0.717, 1.165) is 17.7 Å². The van der Waals surface area contributed by atoms with E-state index in [2.05, 4.69) is 5.32 Å². The van der Waals surface area contributed by atoms with Gasteiger partial charge in [0.05, 0.1) is 5.41 Å². The number of para-hydroxylation sites is 1. The van der Waals surface area contributed by atoms with E-state index in [-0.39, 0.29) is 0 Å². The minimum absolute atomic E-state index is 0.502. The number of carbonyl (C=O) groups is 2. The Bertz CT molecular complexity index is 753. The van der Waals surface area contributed by atoms with Crippen LogP contribution in [-0.4, -0.2) is 18.5 Å². The van der Waals surface area contributed by atoms with Crippen LogP contribution in [0.25, 0.3) is 0 Å². The Balaban J connectivity index is 1.60. The lowest BCUT2D eigenvalue weighted by Gasteiger charge is -2.15. The Kier molecular flexibility index (Phi) is 4.29. The van der Waals surface area contributed by atoms with Crippen LogP contribution in [0.3, 0.4) is 0 Å². The van der Waals surface area contributed by atoms with Crippen molar-refractivity contribution in [3.05, 3.63) is 65.7 Å². The number of hydrogen-bond donors (Lipinski definition) is 1. The number of halogens is 2. The molecule has 1 N–H and O–H groups in total. The van der Waals surface area contributed by atoms with Crippen molar-refractivity contribution in [1.82, 2.24) is 0 Å². The summed E-state index contributed by atoms with van der Waals surface area (Å²) in [5.41, 5.74) is -0.413. The molecule has 1 saturated carbocycles. The highest BCUT2D eigenvalue weighted by Gasteiger charge is 2.52. The molecule has 0 aliphatic heterocycles. The molecule has 24 heavy (non-hydrogen) atoms. The van der Waals surface area contributed by atoms with Crippen LogP contribution in [0.15, 0.2) is 48.5 Å². The zero-order valence-electron chi connectivity index (χ0n) is 12.7. The summed E-state index contributed by atoms with van der Waals surface area (Å²) < 4.78 is 32.0. The number of ether oxygens (including phenoxy) is 1. The quantitative estimate of drug-likeness (QED) is 0.856. The van der Waals surface area contributed by atoms with Gasteiger partial charge in [0, 0.05) is 0 Å². The molecular formula is C18H15F2NO3. The van der Waals surface area contributed by atoms with E-state index in [1.165, 1.54) is 6.07 Å². The summed E-state index contributed by atoms with van der Waals surface area (Å²) in [6.45, 7) is -0.596. The van der Waals surface area contributed by atoms with E-state index in [9.17, 15) is 18.4 Å². The zero-order valence-corrected chi connectivity index (χ0v) is 12.7. The van der Waals surface area contributed by atoms with Crippen LogP contribution in [0.1, 0.15) is 18.4 Å². The van der Waals surface area contributed by atoms with Crippen LogP contribution in [0.2, 0.25) is 0 Å². The van der Waals surface area contributed by atoms with Crippen LogP contribution < -0.4 is 5.32 Å². The third kappa shape index (κ3) is 3.13. The molecule has 0 heterocycles. The Hall–Kier alpha value is -2.76. The predicted molar refractivity (Wildman–Crippen MR) is 83.3 cm³/mol. The zero-order chi connectivity index (χ0) is 17.2. The van der Waals surface area contributed by atoms with Gasteiger partial charge in [-0.1, -0.05) is 36.4 Å². The lowest BCUT2D eigenvalue weighted by atomic mass is 9.96. The summed E-state index contributed by atoms with van der Waals surface area (Å²) in [6, 6.07) is 12.4. The maximum atomic E-state index is 13.5. The third-order valence-corrected chi connectivity index (χ3v) is 4.03. The molecule has 6 heteroatoms. The highest BCUT2D eigenvalue weighted by molar-refractivity contribution is 5.94. The van der Waals surface area contributed by atoms with Gasteiger partial charge < -0.3 is 10.1 Å². The normalized spacial score (nSPS) is 14.8. The van der Waals surface area contributed by atoms with Crippen LogP contribution in [0.5, 0.6) is 0 Å². The molecule has 2 aromatic rings. The van der Waals surface area contributed by atoms with E-state index in [1.807, 2.05) is 30.3 Å². The number of esters is 1. The number of anilines is 1. The van der Waals surface area contributed by atoms with Crippen molar-refractivity contribution in [3.8, 4) is 0 Å². The van der Waals surface area contributed by atoms with E-state index in [0.29, 0.717) is 12.8 Å². The fourth-order valence-electron chi connectivity index (χ4n) is 2.55. The maximum Gasteiger partial charge on any atom is 0.317 e. The smallest absolute Gasteiger partial charge is 0.317 e. The summed E-state index contributed by atoms with van der Waals surface area (Å²) in [5, 5.41) is 2.08. The number of nitrogens with one attached hydrogen (secondary N) is 1. The molecule has 0 unspecified atom stereocenters. The first-order chi connectivity index (χ1) is 11.5. The van der Waals surface area contributed by atoms with Gasteiger partial charge in [-0.15, -0.1) is 0 Å². The lowest BCUT2D eigenvalue weighted by Crippen LogP contribution is -2.28. The van der Waals surface area contributed by atoms with Crippen molar-refractivity contribution < 1.29 is 23.1 Å². The number of amides is 1. The number of hydrogen-bond acceptors (Lipinski definition) is 3. The first kappa shape index (κ1) is 16.1. The van der Waals surface area contributed by atoms with E-state index < -0.39 is 41.2 Å². The summed E-state index contributed by atoms with van der Waals surface area (Å²) in [5.74, 6) is -3.08. The molecule has 1 fully saturated rings. The molecule has 1 amide bonds. The van der Waals surface area contributed by atoms with Crippen LogP contribution in [0, 0.1) is 11.6 Å². The fourth-order valence-corrected chi connectivity index (χ4v) is 2.55. The molecule has 4 nitrogen and oxygen atoms in total. The molecular weight excluding hydrogens is 316 g/mol. The topological polar surface area (TPSA) is 55.4 Å². The van der Waals surface area contributed by atoms with Crippen molar-refractivity contribution in [2.45, 2.75) is 18.3 Å². The highest BCUT2D eigenvalue weighted by Crippen LogP contribution is 2.49. The van der Waals surface area contributed by atoms with Crippen molar-refractivity contribution in [1.29, 1.82) is 0 Å². The van der Waals surface area contributed by atoms with Gasteiger partial charge in [-0.05, 0) is 30.5 Å².